The van der Waals surface area contributed by atoms with E-state index in [2.05, 4.69) is 0 Å². The second-order valence-electron chi connectivity index (χ2n) is 8.52. The van der Waals surface area contributed by atoms with Crippen molar-refractivity contribution in [3.8, 4) is 17.2 Å². The zero-order valence-electron chi connectivity index (χ0n) is 17.5. The molecule has 0 amide bonds. The first-order chi connectivity index (χ1) is 14.5. The lowest BCUT2D eigenvalue weighted by molar-refractivity contribution is -0.150. The van der Waals surface area contributed by atoms with Crippen molar-refractivity contribution in [2.75, 3.05) is 13.7 Å². The number of fused-ring (bicyclic) bond motifs is 2. The van der Waals surface area contributed by atoms with Crippen LogP contribution in [-0.2, 0) is 20.5 Å². The van der Waals surface area contributed by atoms with Crippen LogP contribution in [0.4, 0.5) is 0 Å². The van der Waals surface area contributed by atoms with Gasteiger partial charge in [-0.1, -0.05) is 0 Å². The fraction of sp³-hybridized carbons (Fsp3) is 0.455. The zero-order valence-corrected chi connectivity index (χ0v) is 17.5. The third-order valence-electron chi connectivity index (χ3n) is 6.88. The van der Waals surface area contributed by atoms with Crippen molar-refractivity contribution in [2.45, 2.75) is 50.4 Å². The van der Waals surface area contributed by atoms with Crippen LogP contribution in [0.2, 0.25) is 0 Å². The lowest BCUT2D eigenvalue weighted by atomic mass is 9.78. The van der Waals surface area contributed by atoms with Gasteiger partial charge in [0.2, 0.25) is 5.78 Å². The molecule has 0 radical (unpaired) electrons. The molecule has 166 valence electrons. The molecule has 31 heavy (non-hydrogen) atoms. The van der Waals surface area contributed by atoms with Crippen LogP contribution in [0.3, 0.4) is 0 Å². The second kappa shape index (κ2) is 6.56. The van der Waals surface area contributed by atoms with E-state index in [-0.39, 0.29) is 40.2 Å². The number of hydrogen-bond acceptors (Lipinski definition) is 8. The number of methoxy groups -OCH3 is 1. The minimum absolute atomic E-state index is 0.0251. The van der Waals surface area contributed by atoms with Crippen LogP contribution in [0.15, 0.2) is 6.07 Å². The normalized spacial score (nSPS) is 27.4. The molecule has 0 bridgehead atoms. The smallest absolute Gasteiger partial charge is 0.332 e. The molecule has 0 aromatic heterocycles. The van der Waals surface area contributed by atoms with Gasteiger partial charge < -0.3 is 35.0 Å². The van der Waals surface area contributed by atoms with E-state index < -0.39 is 47.1 Å². The SMILES string of the molecule is CO[C@]1(C[C@H](O)C(=O)O)C(=O)c2c(O)c3c(c4c(C)cc(O)c1c24)O[C@@H](C)[C@]3(C)CO. The molecule has 0 fully saturated rings. The highest BCUT2D eigenvalue weighted by Crippen LogP contribution is 2.60. The number of carbonyl (C=O) groups excluding carboxylic acids is 1. The summed E-state index contributed by atoms with van der Waals surface area (Å²) in [6, 6.07) is 1.40. The molecule has 1 aliphatic carbocycles. The standard InChI is InChI=1S/C22H24O9/c1-8-5-10(24)15-13-12(8)18-16(21(3,7-23)9(2)31-18)17(26)14(13)19(27)22(15,30-4)6-11(25)20(28)29/h5,9,11,23-26H,6-7H2,1-4H3,(H,28,29)/t9-,11-,21-,22-/m0/s1. The van der Waals surface area contributed by atoms with Crippen LogP contribution in [0, 0.1) is 6.92 Å². The Labute approximate surface area is 177 Å². The Balaban J connectivity index is 2.16. The van der Waals surface area contributed by atoms with E-state index in [1.807, 2.05) is 0 Å². The Morgan fingerprint density at radius 1 is 1.29 bits per heavy atom. The highest BCUT2D eigenvalue weighted by atomic mass is 16.5. The highest BCUT2D eigenvalue weighted by molar-refractivity contribution is 6.24. The fourth-order valence-electron chi connectivity index (χ4n) is 4.96. The molecule has 0 unspecified atom stereocenters. The number of aliphatic hydroxyl groups excluding tert-OH is 2. The van der Waals surface area contributed by atoms with Crippen molar-refractivity contribution >= 4 is 22.5 Å². The molecular weight excluding hydrogens is 408 g/mol. The van der Waals surface area contributed by atoms with Crippen molar-refractivity contribution in [3.63, 3.8) is 0 Å². The first kappa shape index (κ1) is 21.4. The van der Waals surface area contributed by atoms with Crippen LogP contribution < -0.4 is 4.74 Å². The van der Waals surface area contributed by atoms with Gasteiger partial charge in [0, 0.05) is 35.4 Å². The molecule has 2 aliphatic rings. The highest BCUT2D eigenvalue weighted by Gasteiger charge is 2.56. The van der Waals surface area contributed by atoms with Crippen molar-refractivity contribution < 1.29 is 44.6 Å². The Morgan fingerprint density at radius 3 is 2.48 bits per heavy atom. The summed E-state index contributed by atoms with van der Waals surface area (Å²) in [6.07, 6.45) is -3.14. The largest absolute Gasteiger partial charge is 0.508 e. The Morgan fingerprint density at radius 2 is 1.94 bits per heavy atom. The van der Waals surface area contributed by atoms with Crippen LogP contribution in [-0.4, -0.2) is 63.2 Å². The monoisotopic (exact) mass is 432 g/mol. The quantitative estimate of drug-likeness (QED) is 0.472. The predicted octanol–water partition coefficient (Wildman–Crippen LogP) is 1.46. The van der Waals surface area contributed by atoms with E-state index in [0.29, 0.717) is 10.9 Å². The minimum atomic E-state index is -2.02. The number of aliphatic carboxylic acids is 1. The average molecular weight is 432 g/mol. The van der Waals surface area contributed by atoms with Crippen LogP contribution in [0.1, 0.15) is 47.3 Å². The van der Waals surface area contributed by atoms with Crippen molar-refractivity contribution in [1.29, 1.82) is 0 Å². The summed E-state index contributed by atoms with van der Waals surface area (Å²) in [4.78, 5) is 25.0. The van der Waals surface area contributed by atoms with E-state index in [0.717, 1.165) is 0 Å². The van der Waals surface area contributed by atoms with Gasteiger partial charge in [-0.15, -0.1) is 0 Å². The number of Topliss-reactive ketones (excluding diaryl/α,β-unsaturated/α-hetero) is 1. The van der Waals surface area contributed by atoms with Gasteiger partial charge in [0.1, 0.15) is 23.4 Å². The summed E-state index contributed by atoms with van der Waals surface area (Å²) in [6.45, 7) is 4.79. The van der Waals surface area contributed by atoms with Gasteiger partial charge in [-0.05, 0) is 32.4 Å². The van der Waals surface area contributed by atoms with E-state index in [4.69, 9.17) is 9.47 Å². The summed E-state index contributed by atoms with van der Waals surface area (Å²) in [5.41, 5.74) is -2.38. The number of aromatic hydroxyl groups is 2. The van der Waals surface area contributed by atoms with Gasteiger partial charge in [0.05, 0.1) is 17.6 Å². The van der Waals surface area contributed by atoms with Crippen LogP contribution >= 0.6 is 0 Å². The van der Waals surface area contributed by atoms with Crippen molar-refractivity contribution in [3.05, 3.63) is 28.3 Å². The minimum Gasteiger partial charge on any atom is -0.508 e. The summed E-state index contributed by atoms with van der Waals surface area (Å²) in [7, 11) is 1.17. The third-order valence-corrected chi connectivity index (χ3v) is 6.88. The molecule has 2 aromatic carbocycles. The topological polar surface area (TPSA) is 154 Å². The molecule has 1 aliphatic heterocycles. The van der Waals surface area contributed by atoms with Crippen LogP contribution in [0.5, 0.6) is 17.2 Å². The summed E-state index contributed by atoms with van der Waals surface area (Å²) < 4.78 is 11.5. The van der Waals surface area contributed by atoms with Gasteiger partial charge in [-0.3, -0.25) is 4.79 Å². The summed E-state index contributed by atoms with van der Waals surface area (Å²) in [5, 5.41) is 52.0. The van der Waals surface area contributed by atoms with E-state index in [1.165, 1.54) is 13.2 Å². The number of phenols is 2. The Bertz CT molecular complexity index is 1150. The molecule has 0 spiro atoms. The zero-order chi connectivity index (χ0) is 23.0. The average Bonchev–Trinajstić information content (AvgIpc) is 3.11. The first-order valence-corrected chi connectivity index (χ1v) is 9.80. The lowest BCUT2D eigenvalue weighted by Crippen LogP contribution is -2.40. The molecule has 9 nitrogen and oxygen atoms in total. The number of carbonyl (C=O) groups is 2. The molecule has 5 N–H and O–H groups in total. The van der Waals surface area contributed by atoms with Gasteiger partial charge in [0.15, 0.2) is 11.7 Å². The number of aliphatic hydroxyl groups is 2. The molecular formula is C22H24O9. The van der Waals surface area contributed by atoms with Gasteiger partial charge in [0.25, 0.3) is 0 Å². The molecule has 2 aromatic rings. The molecule has 4 atom stereocenters. The summed E-state index contributed by atoms with van der Waals surface area (Å²) in [5.74, 6) is -2.79. The number of carboxylic acid groups (broad SMARTS) is 1. The third kappa shape index (κ3) is 2.42. The van der Waals surface area contributed by atoms with E-state index in [1.54, 1.807) is 20.8 Å². The first-order valence-electron chi connectivity index (χ1n) is 9.80. The summed E-state index contributed by atoms with van der Waals surface area (Å²) >= 11 is 0. The molecule has 4 rings (SSSR count). The number of ether oxygens (including phenoxy) is 2. The molecule has 9 heteroatoms. The maximum atomic E-state index is 13.7. The van der Waals surface area contributed by atoms with Crippen LogP contribution in [0.25, 0.3) is 10.8 Å². The Kier molecular flexibility index (Phi) is 4.52. The van der Waals surface area contributed by atoms with Gasteiger partial charge in [-0.2, -0.15) is 0 Å². The Hall–Kier alpha value is -2.88. The number of benzene rings is 2. The molecule has 0 saturated heterocycles. The number of phenolic OH excluding ortho intramolecular Hbond substituents is 2. The fourth-order valence-corrected chi connectivity index (χ4v) is 4.96. The number of rotatable bonds is 5. The van der Waals surface area contributed by atoms with E-state index in [9.17, 15) is 35.1 Å². The number of aryl methyl sites for hydroxylation is 1. The number of hydrogen-bond donors (Lipinski definition) is 5. The van der Waals surface area contributed by atoms with Crippen molar-refractivity contribution in [1.82, 2.24) is 0 Å². The van der Waals surface area contributed by atoms with E-state index >= 15 is 0 Å². The molecule has 0 saturated carbocycles. The number of ketones is 1. The maximum absolute atomic E-state index is 13.7. The number of carboxylic acids is 1. The lowest BCUT2D eigenvalue weighted by Gasteiger charge is -2.29. The van der Waals surface area contributed by atoms with Gasteiger partial charge >= 0.3 is 5.97 Å². The molecule has 1 heterocycles. The predicted molar refractivity (Wildman–Crippen MR) is 108 cm³/mol. The second-order valence-corrected chi connectivity index (χ2v) is 8.52. The maximum Gasteiger partial charge on any atom is 0.332 e. The van der Waals surface area contributed by atoms with Gasteiger partial charge in [-0.25, -0.2) is 4.79 Å². The van der Waals surface area contributed by atoms with Crippen molar-refractivity contribution in [2.24, 2.45) is 0 Å².